The van der Waals surface area contributed by atoms with Gasteiger partial charge in [0, 0.05) is 24.7 Å². The van der Waals surface area contributed by atoms with E-state index >= 15 is 0 Å². The molecule has 1 fully saturated rings. The van der Waals surface area contributed by atoms with Crippen molar-refractivity contribution >= 4 is 44.7 Å². The third-order valence-corrected chi connectivity index (χ3v) is 7.66. The Morgan fingerprint density at radius 2 is 2.35 bits per heavy atom. The first-order valence-electron chi connectivity index (χ1n) is 5.25. The molecule has 2 heterocycles. The van der Waals surface area contributed by atoms with E-state index in [0.717, 1.165) is 23.5 Å². The van der Waals surface area contributed by atoms with Gasteiger partial charge in [-0.25, -0.2) is 8.42 Å². The third kappa shape index (κ3) is 2.81. The fraction of sp³-hybridized carbons (Fsp3) is 0.600. The second-order valence-electron chi connectivity index (χ2n) is 3.95. The fourth-order valence-corrected chi connectivity index (χ4v) is 6.09. The van der Waals surface area contributed by atoms with Gasteiger partial charge >= 0.3 is 0 Å². The number of hydrogen-bond donors (Lipinski definition) is 0. The molecule has 0 bridgehead atoms. The zero-order valence-electron chi connectivity index (χ0n) is 9.43. The quantitative estimate of drug-likeness (QED) is 0.802. The van der Waals surface area contributed by atoms with Crippen LogP contribution < -0.4 is 0 Å². The number of halogens is 1. The van der Waals surface area contributed by atoms with Crippen LogP contribution in [0, 0.1) is 0 Å². The average molecular weight is 312 g/mol. The van der Waals surface area contributed by atoms with Gasteiger partial charge in [0.05, 0.1) is 0 Å². The van der Waals surface area contributed by atoms with Crippen LogP contribution in [0.3, 0.4) is 0 Å². The van der Waals surface area contributed by atoms with Crippen molar-refractivity contribution in [2.45, 2.75) is 22.6 Å². The van der Waals surface area contributed by atoms with E-state index < -0.39 is 10.0 Å². The Bertz CT molecular complexity index is 479. The second-order valence-corrected chi connectivity index (χ2v) is 8.50. The van der Waals surface area contributed by atoms with E-state index in [1.165, 1.54) is 15.6 Å². The minimum absolute atomic E-state index is 0.131. The van der Waals surface area contributed by atoms with E-state index in [-0.39, 0.29) is 6.04 Å². The van der Waals surface area contributed by atoms with Gasteiger partial charge in [0.1, 0.15) is 4.21 Å². The Balaban J connectivity index is 2.22. The highest BCUT2D eigenvalue weighted by Crippen LogP contribution is 2.29. The average Bonchev–Trinajstić information content (AvgIpc) is 2.98. The zero-order valence-corrected chi connectivity index (χ0v) is 12.6. The molecule has 0 N–H and O–H groups in total. The van der Waals surface area contributed by atoms with Crippen LogP contribution in [-0.2, 0) is 15.9 Å². The van der Waals surface area contributed by atoms with Crippen LogP contribution >= 0.6 is 34.7 Å². The molecular formula is C10H14ClNO2S3. The molecule has 1 saturated heterocycles. The van der Waals surface area contributed by atoms with Crippen molar-refractivity contribution < 1.29 is 8.42 Å². The lowest BCUT2D eigenvalue weighted by molar-refractivity contribution is 0.395. The largest absolute Gasteiger partial charge is 0.252 e. The molecule has 1 aromatic rings. The Labute approximate surface area is 115 Å². The Kier molecular flexibility index (Phi) is 4.41. The molecule has 0 saturated carbocycles. The fourth-order valence-electron chi connectivity index (χ4n) is 1.71. The van der Waals surface area contributed by atoms with Gasteiger partial charge in [-0.05, 0) is 29.2 Å². The summed E-state index contributed by atoms with van der Waals surface area (Å²) in [4.78, 5) is 0. The molecule has 3 nitrogen and oxygen atoms in total. The molecule has 1 aliphatic rings. The molecule has 17 heavy (non-hydrogen) atoms. The Morgan fingerprint density at radius 1 is 1.59 bits per heavy atom. The second kappa shape index (κ2) is 5.48. The van der Waals surface area contributed by atoms with E-state index in [1.807, 2.05) is 11.8 Å². The molecule has 0 spiro atoms. The Morgan fingerprint density at radius 3 is 2.88 bits per heavy atom. The molecular weight excluding hydrogens is 298 g/mol. The SMILES string of the molecule is CN(C1CCSC1)S(=O)(=O)c1cc(CCl)cs1. The highest BCUT2D eigenvalue weighted by molar-refractivity contribution is 7.99. The van der Waals surface area contributed by atoms with E-state index in [0.29, 0.717) is 10.1 Å². The molecule has 1 unspecified atom stereocenters. The van der Waals surface area contributed by atoms with Crippen LogP contribution in [0.2, 0.25) is 0 Å². The van der Waals surface area contributed by atoms with Gasteiger partial charge in [-0.2, -0.15) is 16.1 Å². The molecule has 1 aliphatic heterocycles. The van der Waals surface area contributed by atoms with Gasteiger partial charge in [-0.15, -0.1) is 22.9 Å². The van der Waals surface area contributed by atoms with E-state index in [9.17, 15) is 8.42 Å². The number of thiophene rings is 1. The first-order valence-corrected chi connectivity index (χ1v) is 9.25. The van der Waals surface area contributed by atoms with Crippen molar-refractivity contribution in [2.75, 3.05) is 18.6 Å². The molecule has 7 heteroatoms. The lowest BCUT2D eigenvalue weighted by Crippen LogP contribution is -2.36. The number of thioether (sulfide) groups is 1. The summed E-state index contributed by atoms with van der Waals surface area (Å²) in [5.41, 5.74) is 0.865. The van der Waals surface area contributed by atoms with Crippen molar-refractivity contribution in [1.82, 2.24) is 4.31 Å². The number of hydrogen-bond acceptors (Lipinski definition) is 4. The van der Waals surface area contributed by atoms with Crippen molar-refractivity contribution in [3.63, 3.8) is 0 Å². The highest BCUT2D eigenvalue weighted by Gasteiger charge is 2.31. The van der Waals surface area contributed by atoms with Gasteiger partial charge in [-0.3, -0.25) is 0 Å². The summed E-state index contributed by atoms with van der Waals surface area (Å²) < 4.78 is 26.6. The Hall–Kier alpha value is 0.250. The van der Waals surface area contributed by atoms with Gasteiger partial charge in [0.15, 0.2) is 0 Å². The lowest BCUT2D eigenvalue weighted by atomic mass is 10.3. The van der Waals surface area contributed by atoms with Gasteiger partial charge < -0.3 is 0 Å². The summed E-state index contributed by atoms with van der Waals surface area (Å²) in [6.07, 6.45) is 0.939. The summed E-state index contributed by atoms with van der Waals surface area (Å²) >= 11 is 8.75. The molecule has 1 atom stereocenters. The maximum atomic E-state index is 12.3. The first-order chi connectivity index (χ1) is 8.05. The monoisotopic (exact) mass is 311 g/mol. The van der Waals surface area contributed by atoms with Crippen molar-refractivity contribution in [1.29, 1.82) is 0 Å². The number of sulfonamides is 1. The molecule has 0 amide bonds. The van der Waals surface area contributed by atoms with Crippen LogP contribution in [0.1, 0.15) is 12.0 Å². The maximum absolute atomic E-state index is 12.3. The van der Waals surface area contributed by atoms with E-state index in [1.54, 1.807) is 18.5 Å². The molecule has 96 valence electrons. The van der Waals surface area contributed by atoms with E-state index in [2.05, 4.69) is 0 Å². The summed E-state index contributed by atoms with van der Waals surface area (Å²) in [6.45, 7) is 0. The predicted octanol–water partition coefficient (Wildman–Crippen LogP) is 2.61. The third-order valence-electron chi connectivity index (χ3n) is 2.84. The highest BCUT2D eigenvalue weighted by atomic mass is 35.5. The van der Waals surface area contributed by atoms with Gasteiger partial charge in [0.25, 0.3) is 10.0 Å². The van der Waals surface area contributed by atoms with Gasteiger partial charge in [0.2, 0.25) is 0 Å². The summed E-state index contributed by atoms with van der Waals surface area (Å²) in [7, 11) is -1.66. The molecule has 0 radical (unpaired) electrons. The van der Waals surface area contributed by atoms with Crippen molar-refractivity contribution in [3.8, 4) is 0 Å². The molecule has 1 aromatic heterocycles. The molecule has 2 rings (SSSR count). The summed E-state index contributed by atoms with van der Waals surface area (Å²) in [6, 6.07) is 1.80. The van der Waals surface area contributed by atoms with Crippen LogP contribution in [0.15, 0.2) is 15.7 Å². The standard InChI is InChI=1S/C10H14ClNO2S3/c1-12(9-2-3-15-7-9)17(13,14)10-4-8(5-11)6-16-10/h4,6,9H,2-3,5,7H2,1H3. The van der Waals surface area contributed by atoms with Crippen LogP contribution in [-0.4, -0.2) is 37.3 Å². The van der Waals surface area contributed by atoms with Crippen molar-refractivity contribution in [3.05, 3.63) is 17.0 Å². The minimum Gasteiger partial charge on any atom is -0.206 e. The summed E-state index contributed by atoms with van der Waals surface area (Å²) in [5, 5.41) is 1.80. The number of rotatable bonds is 4. The zero-order chi connectivity index (χ0) is 12.5. The van der Waals surface area contributed by atoms with Crippen LogP contribution in [0.4, 0.5) is 0 Å². The topological polar surface area (TPSA) is 37.4 Å². The summed E-state index contributed by atoms with van der Waals surface area (Å²) in [5.74, 6) is 2.29. The number of alkyl halides is 1. The molecule has 0 aromatic carbocycles. The van der Waals surface area contributed by atoms with Gasteiger partial charge in [-0.1, -0.05) is 0 Å². The number of nitrogens with zero attached hydrogens (tertiary/aromatic N) is 1. The first kappa shape index (κ1) is 13.7. The maximum Gasteiger partial charge on any atom is 0.252 e. The van der Waals surface area contributed by atoms with Crippen LogP contribution in [0.25, 0.3) is 0 Å². The normalized spacial score (nSPS) is 21.2. The minimum atomic E-state index is -3.33. The van der Waals surface area contributed by atoms with E-state index in [4.69, 9.17) is 11.6 Å². The lowest BCUT2D eigenvalue weighted by Gasteiger charge is -2.22. The molecule has 0 aliphatic carbocycles. The van der Waals surface area contributed by atoms with Crippen molar-refractivity contribution in [2.24, 2.45) is 0 Å². The van der Waals surface area contributed by atoms with Crippen LogP contribution in [0.5, 0.6) is 0 Å². The predicted molar refractivity (Wildman–Crippen MR) is 74.6 cm³/mol. The smallest absolute Gasteiger partial charge is 0.206 e.